The van der Waals surface area contributed by atoms with Crippen LogP contribution in [0.4, 0.5) is 0 Å². The van der Waals surface area contributed by atoms with Gasteiger partial charge in [0, 0.05) is 12.4 Å². The van der Waals surface area contributed by atoms with Gasteiger partial charge in [-0.25, -0.2) is 13.4 Å². The molecule has 26 heavy (non-hydrogen) atoms. The van der Waals surface area contributed by atoms with E-state index in [1.54, 1.807) is 42.9 Å². The lowest BCUT2D eigenvalue weighted by Gasteiger charge is -2.27. The number of aryl methyl sites for hydroxylation is 1. The molecule has 144 valence electrons. The van der Waals surface area contributed by atoms with Crippen molar-refractivity contribution in [2.75, 3.05) is 13.2 Å². The number of nitrogens with one attached hydrogen (secondary N) is 1. The topological polar surface area (TPSA) is 99.5 Å². The molecule has 1 N–H and O–H groups in total. The van der Waals surface area contributed by atoms with Gasteiger partial charge in [-0.05, 0) is 32.9 Å². The monoisotopic (exact) mass is 401 g/mol. The molecule has 1 aromatic heterocycles. The van der Waals surface area contributed by atoms with E-state index in [9.17, 15) is 13.0 Å². The van der Waals surface area contributed by atoms with Crippen molar-refractivity contribution >= 4 is 17.6 Å². The molecule has 2 rings (SSSR count). The smallest absolute Gasteiger partial charge is 0.335 e. The number of hydrogen-bond acceptors (Lipinski definition) is 6. The van der Waals surface area contributed by atoms with Gasteiger partial charge in [0.2, 0.25) is 10.0 Å². The molecule has 0 bridgehead atoms. The Morgan fingerprint density at radius 3 is 2.31 bits per heavy atom. The molecule has 10 heteroatoms. The summed E-state index contributed by atoms with van der Waals surface area (Å²) in [6, 6.07) is 6.39. The van der Waals surface area contributed by atoms with Crippen molar-refractivity contribution in [1.29, 1.82) is 0 Å². The number of hydrogen-bond donors (Lipinski definition) is 1. The first kappa shape index (κ1) is 20.8. The van der Waals surface area contributed by atoms with E-state index in [4.69, 9.17) is 9.05 Å². The van der Waals surface area contributed by atoms with Crippen molar-refractivity contribution in [1.82, 2.24) is 14.3 Å². The van der Waals surface area contributed by atoms with Crippen molar-refractivity contribution < 1.29 is 22.0 Å². The third kappa shape index (κ3) is 5.25. The maximum atomic E-state index is 13.2. The van der Waals surface area contributed by atoms with E-state index in [0.29, 0.717) is 0 Å². The van der Waals surface area contributed by atoms with Crippen LogP contribution in [-0.4, -0.2) is 37.0 Å². The minimum absolute atomic E-state index is 0.0579. The van der Waals surface area contributed by atoms with E-state index in [1.165, 1.54) is 18.5 Å². The molecule has 0 saturated carbocycles. The van der Waals surface area contributed by atoms with E-state index in [1.807, 2.05) is 6.92 Å². The highest BCUT2D eigenvalue weighted by Crippen LogP contribution is 2.52. The Morgan fingerprint density at radius 1 is 1.19 bits per heavy atom. The summed E-state index contributed by atoms with van der Waals surface area (Å²) in [5, 5.41) is 0. The Bertz CT molecular complexity index is 827. The molecular weight excluding hydrogens is 377 g/mol. The molecule has 1 heterocycles. The SMILES string of the molecule is CCOP(=O)(OCC)C(Cn1ccnc1)NS(=O)(=O)c1ccc(C)cc1. The highest BCUT2D eigenvalue weighted by molar-refractivity contribution is 7.89. The zero-order chi connectivity index (χ0) is 19.2. The predicted molar refractivity (Wildman–Crippen MR) is 98.4 cm³/mol. The average molecular weight is 401 g/mol. The van der Waals surface area contributed by atoms with E-state index in [2.05, 4.69) is 9.71 Å². The molecule has 0 radical (unpaired) electrons. The first-order valence-electron chi connectivity index (χ1n) is 8.24. The molecule has 0 amide bonds. The summed E-state index contributed by atoms with van der Waals surface area (Å²) in [6.45, 7) is 5.53. The standard InChI is InChI=1S/C16H24N3O5PS/c1-4-23-25(20,24-5-2)16(12-19-11-10-17-13-19)18-26(21,22)15-8-6-14(3)7-9-15/h6-11,13,16,18H,4-5,12H2,1-3H3. The van der Waals surface area contributed by atoms with Crippen LogP contribution in [0.25, 0.3) is 0 Å². The quantitative estimate of drug-likeness (QED) is 0.615. The van der Waals surface area contributed by atoms with Crippen molar-refractivity contribution in [2.45, 2.75) is 38.0 Å². The molecule has 0 saturated heterocycles. The van der Waals surface area contributed by atoms with E-state index in [-0.39, 0.29) is 24.7 Å². The van der Waals surface area contributed by atoms with Gasteiger partial charge in [-0.2, -0.15) is 4.72 Å². The van der Waals surface area contributed by atoms with Crippen LogP contribution in [0.5, 0.6) is 0 Å². The van der Waals surface area contributed by atoms with Crippen LogP contribution in [-0.2, 0) is 30.2 Å². The normalized spacial score (nSPS) is 13.7. The first-order valence-corrected chi connectivity index (χ1v) is 11.3. The van der Waals surface area contributed by atoms with Crippen LogP contribution in [0.15, 0.2) is 47.9 Å². The van der Waals surface area contributed by atoms with Crippen molar-refractivity contribution in [3.8, 4) is 0 Å². The molecule has 1 atom stereocenters. The Kier molecular flexibility index (Phi) is 7.14. The summed E-state index contributed by atoms with van der Waals surface area (Å²) >= 11 is 0. The van der Waals surface area contributed by atoms with Gasteiger partial charge < -0.3 is 13.6 Å². The largest absolute Gasteiger partial charge is 0.350 e. The van der Waals surface area contributed by atoms with E-state index >= 15 is 0 Å². The fourth-order valence-electron chi connectivity index (χ4n) is 2.34. The molecule has 0 aliphatic heterocycles. The maximum absolute atomic E-state index is 13.2. The van der Waals surface area contributed by atoms with Crippen LogP contribution in [0.1, 0.15) is 19.4 Å². The zero-order valence-electron chi connectivity index (χ0n) is 15.0. The van der Waals surface area contributed by atoms with Gasteiger partial charge in [0.05, 0.1) is 31.0 Å². The molecule has 1 unspecified atom stereocenters. The molecule has 0 fully saturated rings. The Morgan fingerprint density at radius 2 is 1.81 bits per heavy atom. The maximum Gasteiger partial charge on any atom is 0.350 e. The fraction of sp³-hybridized carbons (Fsp3) is 0.438. The molecule has 0 aliphatic carbocycles. The minimum Gasteiger partial charge on any atom is -0.335 e. The summed E-state index contributed by atoms with van der Waals surface area (Å²) in [5.74, 6) is -1.09. The van der Waals surface area contributed by atoms with Crippen molar-refractivity contribution in [3.05, 3.63) is 48.5 Å². The number of rotatable bonds is 10. The van der Waals surface area contributed by atoms with Crippen LogP contribution in [0.2, 0.25) is 0 Å². The minimum atomic E-state index is -3.92. The number of benzene rings is 1. The first-order chi connectivity index (χ1) is 12.3. The molecule has 8 nitrogen and oxygen atoms in total. The lowest BCUT2D eigenvalue weighted by molar-refractivity contribution is 0.207. The van der Waals surface area contributed by atoms with Gasteiger partial charge in [-0.1, -0.05) is 17.7 Å². The summed E-state index contributed by atoms with van der Waals surface area (Å²) < 4.78 is 53.6. The van der Waals surface area contributed by atoms with Crippen molar-refractivity contribution in [2.24, 2.45) is 0 Å². The lowest BCUT2D eigenvalue weighted by Crippen LogP contribution is -2.38. The second-order valence-corrected chi connectivity index (χ2v) is 9.52. The summed E-state index contributed by atoms with van der Waals surface area (Å²) in [4.78, 5) is 4.01. The average Bonchev–Trinajstić information content (AvgIpc) is 3.08. The molecule has 2 aromatic rings. The van der Waals surface area contributed by atoms with Gasteiger partial charge >= 0.3 is 7.60 Å². The van der Waals surface area contributed by atoms with Crippen LogP contribution >= 0.6 is 7.60 Å². The van der Waals surface area contributed by atoms with E-state index in [0.717, 1.165) is 5.56 Å². The number of nitrogens with zero attached hydrogens (tertiary/aromatic N) is 2. The van der Waals surface area contributed by atoms with Gasteiger partial charge in [0.15, 0.2) is 0 Å². The summed E-state index contributed by atoms with van der Waals surface area (Å²) in [6.07, 6.45) is 4.71. The highest BCUT2D eigenvalue weighted by Gasteiger charge is 2.39. The third-order valence-electron chi connectivity index (χ3n) is 3.57. The molecule has 0 aliphatic rings. The predicted octanol–water partition coefficient (Wildman–Crippen LogP) is 2.76. The molecular formula is C16H24N3O5PS. The Labute approximate surface area is 154 Å². The van der Waals surface area contributed by atoms with Gasteiger partial charge in [0.1, 0.15) is 5.78 Å². The second-order valence-electron chi connectivity index (χ2n) is 5.58. The summed E-state index contributed by atoms with van der Waals surface area (Å²) in [7, 11) is -7.65. The van der Waals surface area contributed by atoms with Crippen LogP contribution in [0, 0.1) is 6.92 Å². The van der Waals surface area contributed by atoms with E-state index < -0.39 is 23.4 Å². The third-order valence-corrected chi connectivity index (χ3v) is 7.52. The number of sulfonamides is 1. The highest BCUT2D eigenvalue weighted by atomic mass is 32.2. The Balaban J connectivity index is 2.36. The van der Waals surface area contributed by atoms with Gasteiger partial charge in [-0.15, -0.1) is 0 Å². The molecule has 1 aromatic carbocycles. The number of imidazole rings is 1. The number of aromatic nitrogens is 2. The zero-order valence-corrected chi connectivity index (χ0v) is 16.7. The summed E-state index contributed by atoms with van der Waals surface area (Å²) in [5.41, 5.74) is 0.938. The van der Waals surface area contributed by atoms with Crippen molar-refractivity contribution in [3.63, 3.8) is 0 Å². The van der Waals surface area contributed by atoms with Gasteiger partial charge in [0.25, 0.3) is 0 Å². The Hall–Kier alpha value is -1.51. The van der Waals surface area contributed by atoms with Crippen LogP contribution < -0.4 is 4.72 Å². The molecule has 0 spiro atoms. The fourth-order valence-corrected chi connectivity index (χ4v) is 5.88. The lowest BCUT2D eigenvalue weighted by atomic mass is 10.2. The second kappa shape index (κ2) is 8.92. The van der Waals surface area contributed by atoms with Crippen LogP contribution in [0.3, 0.4) is 0 Å². The van der Waals surface area contributed by atoms with Gasteiger partial charge in [-0.3, -0.25) is 4.57 Å².